The van der Waals surface area contributed by atoms with Crippen molar-refractivity contribution in [3.05, 3.63) is 52.8 Å². The lowest BCUT2D eigenvalue weighted by molar-refractivity contribution is -0.133. The van der Waals surface area contributed by atoms with Crippen LogP contribution in [0.25, 0.3) is 0 Å². The van der Waals surface area contributed by atoms with Crippen molar-refractivity contribution < 1.29 is 19.1 Å². The third kappa shape index (κ3) is 4.84. The van der Waals surface area contributed by atoms with Gasteiger partial charge in [-0.2, -0.15) is 5.10 Å². The van der Waals surface area contributed by atoms with Crippen LogP contribution in [0.15, 0.2) is 30.3 Å². The Morgan fingerprint density at radius 2 is 1.94 bits per heavy atom. The number of nitrogens with zero attached hydrogens (tertiary/aromatic N) is 3. The fraction of sp³-hybridized carbons (Fsp3) is 0.500. The highest BCUT2D eigenvalue weighted by atomic mass is 16.5. The molecular formula is C24H32N4O4. The number of aryl methyl sites for hydroxylation is 1. The van der Waals surface area contributed by atoms with Gasteiger partial charge in [-0.1, -0.05) is 43.7 Å². The SMILES string of the molecule is CCOC(=O)c1cc2n(n1)CC(C)(C(=O)NCCC(C)C)N(Cc1ccc(C)cc1)C2=O. The quantitative estimate of drug-likeness (QED) is 0.637. The van der Waals surface area contributed by atoms with E-state index in [1.54, 1.807) is 18.7 Å². The summed E-state index contributed by atoms with van der Waals surface area (Å²) in [5.74, 6) is -0.723. The lowest BCUT2D eigenvalue weighted by Crippen LogP contribution is -2.63. The Morgan fingerprint density at radius 1 is 1.25 bits per heavy atom. The van der Waals surface area contributed by atoms with Crippen molar-refractivity contribution in [2.24, 2.45) is 5.92 Å². The van der Waals surface area contributed by atoms with E-state index in [0.717, 1.165) is 17.5 Å². The molecule has 0 saturated carbocycles. The highest BCUT2D eigenvalue weighted by Gasteiger charge is 2.48. The van der Waals surface area contributed by atoms with Gasteiger partial charge in [0.15, 0.2) is 5.69 Å². The van der Waals surface area contributed by atoms with Crippen LogP contribution >= 0.6 is 0 Å². The molecule has 0 radical (unpaired) electrons. The number of carbonyl (C=O) groups excluding carboxylic acids is 3. The molecule has 8 heteroatoms. The Bertz CT molecular complexity index is 996. The molecule has 1 atom stereocenters. The first-order valence-electron chi connectivity index (χ1n) is 11.1. The van der Waals surface area contributed by atoms with Crippen LogP contribution in [0.3, 0.4) is 0 Å². The van der Waals surface area contributed by atoms with Gasteiger partial charge in [-0.3, -0.25) is 14.3 Å². The normalized spacial score (nSPS) is 17.9. The molecule has 0 spiro atoms. The molecule has 172 valence electrons. The highest BCUT2D eigenvalue weighted by Crippen LogP contribution is 2.29. The molecule has 1 aliphatic heterocycles. The standard InChI is InChI=1S/C24H32N4O4/c1-6-32-22(30)19-13-20-21(29)27(14-18-9-7-17(4)8-10-18)24(5,15-28(20)26-19)23(31)25-12-11-16(2)3/h7-10,13,16H,6,11-12,14-15H2,1-5H3,(H,25,31). The zero-order chi connectivity index (χ0) is 23.5. The minimum atomic E-state index is -1.16. The van der Waals surface area contributed by atoms with Crippen LogP contribution in [0.1, 0.15) is 66.2 Å². The predicted octanol–water partition coefficient (Wildman–Crippen LogP) is 2.95. The maximum absolute atomic E-state index is 13.5. The molecule has 0 saturated heterocycles. The van der Waals surface area contributed by atoms with Gasteiger partial charge in [0.2, 0.25) is 5.91 Å². The first kappa shape index (κ1) is 23.5. The van der Waals surface area contributed by atoms with Crippen LogP contribution in [-0.4, -0.2) is 51.2 Å². The molecule has 2 heterocycles. The topological polar surface area (TPSA) is 93.5 Å². The molecule has 2 aromatic rings. The number of carbonyl (C=O) groups is 3. The largest absolute Gasteiger partial charge is 0.461 e. The van der Waals surface area contributed by atoms with Crippen LogP contribution in [0.5, 0.6) is 0 Å². The van der Waals surface area contributed by atoms with Crippen LogP contribution in [0, 0.1) is 12.8 Å². The first-order valence-corrected chi connectivity index (χ1v) is 11.1. The van der Waals surface area contributed by atoms with E-state index in [1.807, 2.05) is 31.2 Å². The van der Waals surface area contributed by atoms with Crippen molar-refractivity contribution in [1.82, 2.24) is 20.0 Å². The molecule has 2 amide bonds. The van der Waals surface area contributed by atoms with E-state index in [1.165, 1.54) is 10.7 Å². The third-order valence-corrected chi connectivity index (χ3v) is 5.74. The van der Waals surface area contributed by atoms with Gasteiger partial charge in [0, 0.05) is 19.2 Å². The summed E-state index contributed by atoms with van der Waals surface area (Å²) in [5.41, 5.74) is 1.21. The Kier molecular flexibility index (Phi) is 7.01. The molecule has 3 rings (SSSR count). The van der Waals surface area contributed by atoms with Crippen LogP contribution < -0.4 is 5.32 Å². The minimum absolute atomic E-state index is 0.0648. The van der Waals surface area contributed by atoms with Crippen LogP contribution in [0.4, 0.5) is 0 Å². The molecule has 1 aromatic heterocycles. The number of esters is 1. The summed E-state index contributed by atoms with van der Waals surface area (Å²) in [6.07, 6.45) is 0.841. The number of amides is 2. The number of rotatable bonds is 8. The second kappa shape index (κ2) is 9.54. The molecule has 1 aliphatic rings. The van der Waals surface area contributed by atoms with Gasteiger partial charge >= 0.3 is 5.97 Å². The number of hydrogen-bond donors (Lipinski definition) is 1. The van der Waals surface area contributed by atoms with Crippen molar-refractivity contribution in [3.63, 3.8) is 0 Å². The van der Waals surface area contributed by atoms with E-state index in [4.69, 9.17) is 4.74 Å². The van der Waals surface area contributed by atoms with Crippen molar-refractivity contribution in [3.8, 4) is 0 Å². The predicted molar refractivity (Wildman–Crippen MR) is 120 cm³/mol. The summed E-state index contributed by atoms with van der Waals surface area (Å²) >= 11 is 0. The van der Waals surface area contributed by atoms with E-state index in [2.05, 4.69) is 24.3 Å². The smallest absolute Gasteiger partial charge is 0.358 e. The van der Waals surface area contributed by atoms with E-state index >= 15 is 0 Å². The zero-order valence-electron chi connectivity index (χ0n) is 19.5. The van der Waals surface area contributed by atoms with Crippen LogP contribution in [0.2, 0.25) is 0 Å². The number of benzene rings is 1. The monoisotopic (exact) mass is 440 g/mol. The fourth-order valence-corrected chi connectivity index (χ4v) is 3.74. The maximum Gasteiger partial charge on any atom is 0.358 e. The van der Waals surface area contributed by atoms with Gasteiger partial charge in [-0.05, 0) is 38.7 Å². The summed E-state index contributed by atoms with van der Waals surface area (Å²) in [7, 11) is 0. The number of hydrogen-bond acceptors (Lipinski definition) is 5. The maximum atomic E-state index is 13.5. The molecule has 1 N–H and O–H groups in total. The molecule has 1 unspecified atom stereocenters. The van der Waals surface area contributed by atoms with Gasteiger partial charge < -0.3 is 15.0 Å². The van der Waals surface area contributed by atoms with Crippen LogP contribution in [-0.2, 0) is 22.6 Å². The average Bonchev–Trinajstić information content (AvgIpc) is 3.16. The molecular weight excluding hydrogens is 408 g/mol. The average molecular weight is 441 g/mol. The molecule has 1 aromatic carbocycles. The number of fused-ring (bicyclic) bond motifs is 1. The van der Waals surface area contributed by atoms with Gasteiger partial charge in [0.1, 0.15) is 11.2 Å². The Hall–Kier alpha value is -3.16. The lowest BCUT2D eigenvalue weighted by atomic mass is 9.94. The minimum Gasteiger partial charge on any atom is -0.461 e. The fourth-order valence-electron chi connectivity index (χ4n) is 3.74. The third-order valence-electron chi connectivity index (χ3n) is 5.74. The van der Waals surface area contributed by atoms with E-state index in [0.29, 0.717) is 12.5 Å². The lowest BCUT2D eigenvalue weighted by Gasteiger charge is -2.43. The van der Waals surface area contributed by atoms with Crippen molar-refractivity contribution >= 4 is 17.8 Å². The summed E-state index contributed by atoms with van der Waals surface area (Å²) < 4.78 is 6.48. The number of ether oxygens (including phenoxy) is 1. The Balaban J connectivity index is 1.96. The number of aromatic nitrogens is 2. The molecule has 0 fully saturated rings. The summed E-state index contributed by atoms with van der Waals surface area (Å²) in [4.78, 5) is 40.6. The molecule has 32 heavy (non-hydrogen) atoms. The Morgan fingerprint density at radius 3 is 2.56 bits per heavy atom. The van der Waals surface area contributed by atoms with Crippen molar-refractivity contribution in [1.29, 1.82) is 0 Å². The number of nitrogens with one attached hydrogen (secondary N) is 1. The van der Waals surface area contributed by atoms with Gasteiger partial charge in [-0.25, -0.2) is 4.79 Å². The first-order chi connectivity index (χ1) is 15.2. The molecule has 0 bridgehead atoms. The van der Waals surface area contributed by atoms with Gasteiger partial charge in [0.05, 0.1) is 13.2 Å². The highest BCUT2D eigenvalue weighted by molar-refractivity contribution is 6.01. The van der Waals surface area contributed by atoms with E-state index < -0.39 is 11.5 Å². The molecule has 8 nitrogen and oxygen atoms in total. The van der Waals surface area contributed by atoms with Crippen molar-refractivity contribution in [2.75, 3.05) is 13.2 Å². The van der Waals surface area contributed by atoms with Gasteiger partial charge in [0.25, 0.3) is 5.91 Å². The summed E-state index contributed by atoms with van der Waals surface area (Å²) in [6.45, 7) is 10.8. The summed E-state index contributed by atoms with van der Waals surface area (Å²) in [6, 6.07) is 9.31. The summed E-state index contributed by atoms with van der Waals surface area (Å²) in [5, 5.41) is 7.26. The van der Waals surface area contributed by atoms with E-state index in [-0.39, 0.29) is 42.9 Å². The molecule has 0 aliphatic carbocycles. The van der Waals surface area contributed by atoms with E-state index in [9.17, 15) is 14.4 Å². The van der Waals surface area contributed by atoms with Crippen molar-refractivity contribution in [2.45, 2.75) is 59.7 Å². The van der Waals surface area contributed by atoms with Gasteiger partial charge in [-0.15, -0.1) is 0 Å². The second-order valence-corrected chi connectivity index (χ2v) is 8.88. The Labute approximate surface area is 188 Å². The zero-order valence-corrected chi connectivity index (χ0v) is 19.5. The second-order valence-electron chi connectivity index (χ2n) is 8.88.